The van der Waals surface area contributed by atoms with Crippen LogP contribution >= 0.6 is 11.6 Å². The first-order valence-electron chi connectivity index (χ1n) is 6.58. The molecule has 0 N–H and O–H groups in total. The second kappa shape index (κ2) is 6.06. The Kier molecular flexibility index (Phi) is 3.97. The first-order chi connectivity index (χ1) is 10.3. The zero-order valence-electron chi connectivity index (χ0n) is 11.3. The fraction of sp³-hybridized carbons (Fsp3) is 0.188. The molecule has 0 fully saturated rings. The van der Waals surface area contributed by atoms with E-state index in [1.54, 1.807) is 4.90 Å². The van der Waals surface area contributed by atoms with Gasteiger partial charge in [0.05, 0.1) is 6.54 Å². The van der Waals surface area contributed by atoms with Gasteiger partial charge in [-0.25, -0.2) is 0 Å². The zero-order chi connectivity index (χ0) is 14.7. The van der Waals surface area contributed by atoms with Gasteiger partial charge in [-0.15, -0.1) is 11.6 Å². The quantitative estimate of drug-likeness (QED) is 0.814. The van der Waals surface area contributed by atoms with Crippen LogP contribution in [0.1, 0.15) is 5.56 Å². The number of nitrogens with zero attached hydrogens (tertiary/aromatic N) is 1. The molecule has 1 aliphatic heterocycles. The van der Waals surface area contributed by atoms with Crippen molar-refractivity contribution in [2.75, 3.05) is 17.6 Å². The average Bonchev–Trinajstić information content (AvgIpc) is 3.00. The fourth-order valence-corrected chi connectivity index (χ4v) is 2.37. The largest absolute Gasteiger partial charge is 0.454 e. The Balaban J connectivity index is 1.86. The Morgan fingerprint density at radius 1 is 1.10 bits per heavy atom. The van der Waals surface area contributed by atoms with Crippen molar-refractivity contribution in [1.29, 1.82) is 0 Å². The SMILES string of the molecule is O=C(CCl)N(Cc1ccc2c(c1)OCO2)c1ccccc1. The van der Waals surface area contributed by atoms with Crippen molar-refractivity contribution in [3.63, 3.8) is 0 Å². The third kappa shape index (κ3) is 2.95. The van der Waals surface area contributed by atoms with Crippen LogP contribution in [-0.2, 0) is 11.3 Å². The summed E-state index contributed by atoms with van der Waals surface area (Å²) < 4.78 is 10.6. The van der Waals surface area contributed by atoms with Gasteiger partial charge in [0.15, 0.2) is 11.5 Å². The summed E-state index contributed by atoms with van der Waals surface area (Å²) in [6.07, 6.45) is 0. The molecular weight excluding hydrogens is 290 g/mol. The average molecular weight is 304 g/mol. The van der Waals surface area contributed by atoms with E-state index in [1.807, 2.05) is 48.5 Å². The minimum atomic E-state index is -0.138. The lowest BCUT2D eigenvalue weighted by molar-refractivity contribution is -0.116. The van der Waals surface area contributed by atoms with Crippen LogP contribution < -0.4 is 14.4 Å². The van der Waals surface area contributed by atoms with Gasteiger partial charge in [0.1, 0.15) is 5.88 Å². The van der Waals surface area contributed by atoms with E-state index < -0.39 is 0 Å². The maximum absolute atomic E-state index is 12.1. The van der Waals surface area contributed by atoms with Crippen molar-refractivity contribution >= 4 is 23.2 Å². The van der Waals surface area contributed by atoms with Gasteiger partial charge in [0.2, 0.25) is 12.7 Å². The lowest BCUT2D eigenvalue weighted by Gasteiger charge is -2.22. The first kappa shape index (κ1) is 13.8. The summed E-state index contributed by atoms with van der Waals surface area (Å²) in [5, 5.41) is 0. The third-order valence-electron chi connectivity index (χ3n) is 3.26. The molecule has 0 saturated carbocycles. The molecule has 0 saturated heterocycles. The normalized spacial score (nSPS) is 12.2. The predicted molar refractivity (Wildman–Crippen MR) is 80.9 cm³/mol. The standard InChI is InChI=1S/C16H14ClNO3/c17-9-16(19)18(13-4-2-1-3-5-13)10-12-6-7-14-15(8-12)21-11-20-14/h1-8H,9-11H2. The van der Waals surface area contributed by atoms with E-state index in [9.17, 15) is 4.79 Å². The number of rotatable bonds is 4. The minimum Gasteiger partial charge on any atom is -0.454 e. The number of hydrogen-bond donors (Lipinski definition) is 0. The molecule has 3 rings (SSSR count). The van der Waals surface area contributed by atoms with Crippen LogP contribution in [-0.4, -0.2) is 18.6 Å². The molecule has 4 nitrogen and oxygen atoms in total. The summed E-state index contributed by atoms with van der Waals surface area (Å²) in [6, 6.07) is 15.1. The van der Waals surface area contributed by atoms with Crippen LogP contribution in [0.5, 0.6) is 11.5 Å². The number of amides is 1. The smallest absolute Gasteiger partial charge is 0.242 e. The van der Waals surface area contributed by atoms with E-state index in [2.05, 4.69) is 0 Å². The number of anilines is 1. The van der Waals surface area contributed by atoms with Gasteiger partial charge in [0, 0.05) is 5.69 Å². The van der Waals surface area contributed by atoms with Gasteiger partial charge in [0.25, 0.3) is 0 Å². The highest BCUT2D eigenvalue weighted by molar-refractivity contribution is 6.29. The first-order valence-corrected chi connectivity index (χ1v) is 7.11. The number of ether oxygens (including phenoxy) is 2. The van der Waals surface area contributed by atoms with E-state index >= 15 is 0 Å². The Bertz CT molecular complexity index is 645. The number of benzene rings is 2. The number of carbonyl (C=O) groups is 1. The molecule has 0 bridgehead atoms. The molecule has 0 spiro atoms. The molecule has 0 aromatic heterocycles. The minimum absolute atomic E-state index is 0.0561. The summed E-state index contributed by atoms with van der Waals surface area (Å²) >= 11 is 5.72. The molecule has 1 heterocycles. The van der Waals surface area contributed by atoms with E-state index in [-0.39, 0.29) is 18.6 Å². The van der Waals surface area contributed by atoms with E-state index in [1.165, 1.54) is 0 Å². The summed E-state index contributed by atoms with van der Waals surface area (Å²) in [7, 11) is 0. The number of alkyl halides is 1. The molecule has 108 valence electrons. The summed E-state index contributed by atoms with van der Waals surface area (Å²) in [6.45, 7) is 0.675. The van der Waals surface area contributed by atoms with Gasteiger partial charge in [-0.2, -0.15) is 0 Å². The Labute approximate surface area is 127 Å². The second-order valence-corrected chi connectivity index (χ2v) is 4.90. The van der Waals surface area contributed by atoms with Crippen molar-refractivity contribution in [3.05, 3.63) is 54.1 Å². The van der Waals surface area contributed by atoms with Gasteiger partial charge in [-0.3, -0.25) is 4.79 Å². The van der Waals surface area contributed by atoms with Crippen LogP contribution in [0.2, 0.25) is 0 Å². The van der Waals surface area contributed by atoms with E-state index in [4.69, 9.17) is 21.1 Å². The molecule has 1 amide bonds. The highest BCUT2D eigenvalue weighted by atomic mass is 35.5. The molecule has 2 aromatic carbocycles. The van der Waals surface area contributed by atoms with Crippen molar-refractivity contribution in [2.45, 2.75) is 6.54 Å². The third-order valence-corrected chi connectivity index (χ3v) is 3.49. The van der Waals surface area contributed by atoms with Crippen LogP contribution in [0.3, 0.4) is 0 Å². The van der Waals surface area contributed by atoms with Gasteiger partial charge >= 0.3 is 0 Å². The van der Waals surface area contributed by atoms with Gasteiger partial charge < -0.3 is 14.4 Å². The molecule has 0 atom stereocenters. The number of para-hydroxylation sites is 1. The maximum Gasteiger partial charge on any atom is 0.242 e. The number of carbonyl (C=O) groups excluding carboxylic acids is 1. The Morgan fingerprint density at radius 3 is 2.62 bits per heavy atom. The molecular formula is C16H14ClNO3. The summed E-state index contributed by atoms with van der Waals surface area (Å²) in [5.74, 6) is 1.24. The topological polar surface area (TPSA) is 38.8 Å². The highest BCUT2D eigenvalue weighted by Crippen LogP contribution is 2.33. The van der Waals surface area contributed by atoms with E-state index in [0.717, 1.165) is 17.0 Å². The molecule has 2 aromatic rings. The lowest BCUT2D eigenvalue weighted by atomic mass is 10.1. The Morgan fingerprint density at radius 2 is 1.86 bits per heavy atom. The van der Waals surface area contributed by atoms with Crippen molar-refractivity contribution in [2.24, 2.45) is 0 Å². The van der Waals surface area contributed by atoms with Crippen molar-refractivity contribution in [3.8, 4) is 11.5 Å². The highest BCUT2D eigenvalue weighted by Gasteiger charge is 2.18. The van der Waals surface area contributed by atoms with Crippen molar-refractivity contribution in [1.82, 2.24) is 0 Å². The van der Waals surface area contributed by atoms with Crippen LogP contribution in [0.4, 0.5) is 5.69 Å². The molecule has 21 heavy (non-hydrogen) atoms. The van der Waals surface area contributed by atoms with Crippen molar-refractivity contribution < 1.29 is 14.3 Å². The molecule has 0 unspecified atom stereocenters. The molecule has 0 aliphatic carbocycles. The monoisotopic (exact) mass is 303 g/mol. The fourth-order valence-electron chi connectivity index (χ4n) is 2.23. The maximum atomic E-state index is 12.1. The predicted octanol–water partition coefficient (Wildman–Crippen LogP) is 3.19. The molecule has 5 heteroatoms. The van der Waals surface area contributed by atoms with Crippen LogP contribution in [0.15, 0.2) is 48.5 Å². The number of fused-ring (bicyclic) bond motifs is 1. The van der Waals surface area contributed by atoms with Crippen LogP contribution in [0.25, 0.3) is 0 Å². The second-order valence-electron chi connectivity index (χ2n) is 4.64. The summed E-state index contributed by atoms with van der Waals surface area (Å²) in [4.78, 5) is 13.7. The van der Waals surface area contributed by atoms with E-state index in [0.29, 0.717) is 12.3 Å². The van der Waals surface area contributed by atoms with Gasteiger partial charge in [-0.05, 0) is 29.8 Å². The number of halogens is 1. The Hall–Kier alpha value is -2.20. The summed E-state index contributed by atoms with van der Waals surface area (Å²) in [5.41, 5.74) is 1.78. The van der Waals surface area contributed by atoms with Crippen LogP contribution in [0, 0.1) is 0 Å². The molecule has 1 aliphatic rings. The molecule has 0 radical (unpaired) electrons. The zero-order valence-corrected chi connectivity index (χ0v) is 12.0. The lowest BCUT2D eigenvalue weighted by Crippen LogP contribution is -2.31. The number of hydrogen-bond acceptors (Lipinski definition) is 3. The van der Waals surface area contributed by atoms with Gasteiger partial charge in [-0.1, -0.05) is 24.3 Å².